The number of alkyl halides is 2. The van der Waals surface area contributed by atoms with Crippen molar-refractivity contribution < 1.29 is 23.2 Å². The van der Waals surface area contributed by atoms with E-state index in [1.165, 1.54) is 5.57 Å². The van der Waals surface area contributed by atoms with Crippen LogP contribution in [0.3, 0.4) is 0 Å². The number of aliphatic hydroxyl groups excluding tert-OH is 1. The maximum atomic E-state index is 15.0. The molecule has 36 heavy (non-hydrogen) atoms. The Kier molecular flexibility index (Phi) is 8.44. The number of nitrogens with zero attached hydrogens (tertiary/aromatic N) is 1. The molecule has 2 aliphatic rings. The van der Waals surface area contributed by atoms with Gasteiger partial charge in [-0.05, 0) is 73.0 Å². The minimum absolute atomic E-state index is 0.0395. The van der Waals surface area contributed by atoms with Crippen molar-refractivity contribution in [2.45, 2.75) is 56.7 Å². The fraction of sp³-hybridized carbons (Fsp3) is 0.481. The maximum absolute atomic E-state index is 15.0. The molecule has 2 aliphatic heterocycles. The van der Waals surface area contributed by atoms with Crippen LogP contribution in [0.4, 0.5) is 14.5 Å². The number of halogens is 2. The molecule has 3 atom stereocenters. The number of likely N-dealkylation sites (N-methyl/N-ethyl adjacent to an activating group) is 1. The summed E-state index contributed by atoms with van der Waals surface area (Å²) in [5.74, 6) is 0.681. The van der Waals surface area contributed by atoms with Crippen LogP contribution >= 0.6 is 0 Å². The first-order valence-electron chi connectivity index (χ1n) is 12.5. The number of benzene rings is 2. The van der Waals surface area contributed by atoms with Crippen LogP contribution in [0.15, 0.2) is 53.1 Å². The van der Waals surface area contributed by atoms with E-state index >= 15 is 0 Å². The highest BCUT2D eigenvalue weighted by atomic mass is 32.2. The van der Waals surface area contributed by atoms with E-state index < -0.39 is 23.7 Å². The number of hydrogen-bond donors (Lipinski definition) is 3. The number of allylic oxidation sites excluding steroid dienone is 1. The van der Waals surface area contributed by atoms with Gasteiger partial charge in [-0.15, -0.1) is 0 Å². The van der Waals surface area contributed by atoms with Crippen molar-refractivity contribution >= 4 is 16.9 Å². The highest BCUT2D eigenvalue weighted by molar-refractivity contribution is 7.91. The van der Waals surface area contributed by atoms with Crippen LogP contribution in [0.25, 0.3) is 11.1 Å². The van der Waals surface area contributed by atoms with Gasteiger partial charge >= 0.3 is 6.11 Å². The van der Waals surface area contributed by atoms with Crippen molar-refractivity contribution in [2.24, 2.45) is 0 Å². The molecule has 3 N–H and O–H groups in total. The second kappa shape index (κ2) is 11.4. The average molecular weight is 520 g/mol. The lowest BCUT2D eigenvalue weighted by Gasteiger charge is -2.27. The third-order valence-electron chi connectivity index (χ3n) is 6.84. The third kappa shape index (κ3) is 5.80. The molecule has 0 fully saturated rings. The van der Waals surface area contributed by atoms with Crippen molar-refractivity contribution in [3.63, 3.8) is 0 Å². The highest BCUT2D eigenvalue weighted by Crippen LogP contribution is 2.50. The Hall–Kier alpha value is -2.33. The summed E-state index contributed by atoms with van der Waals surface area (Å²) < 4.78 is 47.7. The number of aliphatic hydroxyl groups is 1. The molecule has 196 valence electrons. The largest absolute Gasteiger partial charge is 0.611 e. The lowest BCUT2D eigenvalue weighted by molar-refractivity contribution is -0.182. The highest BCUT2D eigenvalue weighted by Gasteiger charge is 2.40. The fourth-order valence-corrected chi connectivity index (χ4v) is 5.77. The van der Waals surface area contributed by atoms with Gasteiger partial charge in [-0.25, -0.2) is 0 Å². The Morgan fingerprint density at radius 3 is 2.75 bits per heavy atom. The van der Waals surface area contributed by atoms with Crippen molar-refractivity contribution in [2.75, 3.05) is 37.3 Å². The minimum atomic E-state index is -3.37. The first-order chi connectivity index (χ1) is 17.3. The van der Waals surface area contributed by atoms with Crippen LogP contribution in [0, 0.1) is 0 Å². The zero-order valence-electron chi connectivity index (χ0n) is 21.0. The van der Waals surface area contributed by atoms with E-state index in [2.05, 4.69) is 10.6 Å². The summed E-state index contributed by atoms with van der Waals surface area (Å²) in [5.41, 5.74) is 4.51. The first-order valence-corrected chi connectivity index (χ1v) is 13.8. The number of ether oxygens (including phenoxy) is 1. The summed E-state index contributed by atoms with van der Waals surface area (Å²) >= 11 is -1.09. The lowest BCUT2D eigenvalue weighted by atomic mass is 9.85. The van der Waals surface area contributed by atoms with E-state index in [1.807, 2.05) is 57.3 Å². The number of fused-ring (bicyclic) bond motifs is 3. The molecular weight excluding hydrogens is 484 g/mol. The Bertz CT molecular complexity index is 1100. The van der Waals surface area contributed by atoms with Gasteiger partial charge in [-0.2, -0.15) is 8.78 Å². The van der Waals surface area contributed by atoms with E-state index in [1.54, 1.807) is 11.0 Å². The zero-order valence-corrected chi connectivity index (χ0v) is 21.8. The van der Waals surface area contributed by atoms with Gasteiger partial charge in [0.1, 0.15) is 17.7 Å². The van der Waals surface area contributed by atoms with Gasteiger partial charge in [0, 0.05) is 25.1 Å². The second-order valence-corrected chi connectivity index (χ2v) is 11.0. The second-order valence-electron chi connectivity index (χ2n) is 9.30. The molecule has 0 bridgehead atoms. The van der Waals surface area contributed by atoms with Crippen molar-refractivity contribution in [3.8, 4) is 16.9 Å². The van der Waals surface area contributed by atoms with Gasteiger partial charge in [0.25, 0.3) is 0 Å². The first kappa shape index (κ1) is 26.7. The SMILES string of the molecule is CCN(CCO)CCC(F)(F)Oc1ccc(-c2cccc([S+]([O-])CC)c2)c2c1NC1NC=C(C)CC21. The molecule has 4 rings (SSSR count). The summed E-state index contributed by atoms with van der Waals surface area (Å²) in [7, 11) is 0. The number of rotatable bonds is 11. The van der Waals surface area contributed by atoms with E-state index in [4.69, 9.17) is 9.84 Å². The van der Waals surface area contributed by atoms with Crippen molar-refractivity contribution in [1.29, 1.82) is 0 Å². The fourth-order valence-electron chi connectivity index (χ4n) is 4.95. The zero-order chi connectivity index (χ0) is 25.9. The van der Waals surface area contributed by atoms with Gasteiger partial charge in [0.2, 0.25) is 0 Å². The summed E-state index contributed by atoms with van der Waals surface area (Å²) in [5, 5.41) is 15.9. The number of nitrogens with one attached hydrogen (secondary N) is 2. The molecule has 0 saturated heterocycles. The third-order valence-corrected chi connectivity index (χ3v) is 8.15. The molecule has 0 spiro atoms. The van der Waals surface area contributed by atoms with Crippen molar-refractivity contribution in [3.05, 3.63) is 53.7 Å². The molecule has 2 heterocycles. The maximum Gasteiger partial charge on any atom is 0.399 e. The quantitative estimate of drug-likeness (QED) is 0.367. The molecule has 0 amide bonds. The number of hydrogen-bond acceptors (Lipinski definition) is 6. The minimum Gasteiger partial charge on any atom is -0.611 e. The van der Waals surface area contributed by atoms with Crippen molar-refractivity contribution in [1.82, 2.24) is 10.2 Å². The average Bonchev–Trinajstić information content (AvgIpc) is 3.25. The molecule has 9 heteroatoms. The standard InChI is InChI=1S/C27H35F2N3O3S/c1-4-32(13-14-33)12-11-27(28,29)35-23-10-9-21(19-7-6-8-20(16-19)36(34)5-2)24-22-15-18(3)17-30-26(22)31-25(23)24/h6-10,16-17,22,26,30-31,33H,4-5,11-15H2,1-3H3. The van der Waals surface area contributed by atoms with Crippen LogP contribution in [0.5, 0.6) is 5.75 Å². The van der Waals surface area contributed by atoms with Gasteiger partial charge in [0.05, 0.1) is 18.7 Å². The van der Waals surface area contributed by atoms with Gasteiger partial charge in [-0.3, -0.25) is 0 Å². The Labute approximate surface area is 214 Å². The van der Waals surface area contributed by atoms with Crippen LogP contribution in [-0.4, -0.2) is 58.8 Å². The van der Waals surface area contributed by atoms with E-state index in [0.717, 1.165) is 28.0 Å². The van der Waals surface area contributed by atoms with Gasteiger partial charge in [-0.1, -0.05) is 30.7 Å². The predicted molar refractivity (Wildman–Crippen MR) is 140 cm³/mol. The predicted octanol–water partition coefficient (Wildman–Crippen LogP) is 4.89. The summed E-state index contributed by atoms with van der Waals surface area (Å²) in [4.78, 5) is 2.52. The van der Waals surface area contributed by atoms with E-state index in [-0.39, 0.29) is 31.0 Å². The Morgan fingerprint density at radius 2 is 2.03 bits per heavy atom. The van der Waals surface area contributed by atoms with Crippen LogP contribution < -0.4 is 15.4 Å². The summed E-state index contributed by atoms with van der Waals surface area (Å²) in [6.45, 7) is 6.78. The van der Waals surface area contributed by atoms with E-state index in [9.17, 15) is 13.3 Å². The van der Waals surface area contributed by atoms with Crippen LogP contribution in [0.2, 0.25) is 0 Å². The molecule has 0 aliphatic carbocycles. The molecular formula is C27H35F2N3O3S. The summed E-state index contributed by atoms with van der Waals surface area (Å²) in [6, 6.07) is 11.1. The molecule has 0 radical (unpaired) electrons. The molecule has 0 saturated carbocycles. The van der Waals surface area contributed by atoms with E-state index in [0.29, 0.717) is 24.5 Å². The topological polar surface area (TPSA) is 79.8 Å². The molecule has 2 aromatic rings. The Balaban J connectivity index is 1.68. The van der Waals surface area contributed by atoms with Gasteiger partial charge < -0.3 is 29.9 Å². The molecule has 6 nitrogen and oxygen atoms in total. The lowest BCUT2D eigenvalue weighted by Crippen LogP contribution is -2.37. The summed E-state index contributed by atoms with van der Waals surface area (Å²) in [6.07, 6.45) is -1.23. The van der Waals surface area contributed by atoms with Crippen LogP contribution in [-0.2, 0) is 11.2 Å². The Morgan fingerprint density at radius 1 is 1.22 bits per heavy atom. The smallest absolute Gasteiger partial charge is 0.399 e. The molecule has 0 aromatic heterocycles. The van der Waals surface area contributed by atoms with Gasteiger partial charge in [0.15, 0.2) is 4.90 Å². The normalized spacial score (nSPS) is 19.7. The van der Waals surface area contributed by atoms with Crippen LogP contribution in [0.1, 0.15) is 45.1 Å². The molecule has 3 unspecified atom stereocenters. The molecule has 2 aromatic carbocycles. The monoisotopic (exact) mass is 519 g/mol. The number of anilines is 1.